The van der Waals surface area contributed by atoms with Crippen molar-refractivity contribution in [2.45, 2.75) is 56.5 Å². The van der Waals surface area contributed by atoms with Gasteiger partial charge in [0, 0.05) is 12.1 Å². The Morgan fingerprint density at radius 3 is 2.47 bits per heavy atom. The van der Waals surface area contributed by atoms with Crippen LogP contribution in [0.4, 0.5) is 0 Å². The van der Waals surface area contributed by atoms with E-state index in [0.29, 0.717) is 0 Å². The fourth-order valence-corrected chi connectivity index (χ4v) is 3.28. The van der Waals surface area contributed by atoms with Crippen molar-refractivity contribution in [3.8, 4) is 0 Å². The van der Waals surface area contributed by atoms with Crippen molar-refractivity contribution in [2.24, 2.45) is 0 Å². The van der Waals surface area contributed by atoms with Gasteiger partial charge < -0.3 is 15.5 Å². The van der Waals surface area contributed by atoms with Crippen LogP contribution < -0.4 is 10.6 Å². The Labute approximate surface area is 123 Å². The highest BCUT2D eigenvalue weighted by Gasteiger charge is 2.35. The zero-order valence-corrected chi connectivity index (χ0v) is 13.0. The Kier molecular flexibility index (Phi) is 6.57. The fourth-order valence-electron chi connectivity index (χ4n) is 3.28. The van der Waals surface area contributed by atoms with E-state index in [2.05, 4.69) is 29.6 Å². The van der Waals surface area contributed by atoms with Gasteiger partial charge in [-0.05, 0) is 46.3 Å². The molecule has 1 saturated heterocycles. The predicted octanol–water partition coefficient (Wildman–Crippen LogP) is 1.54. The molecule has 112 valence electrons. The highest BCUT2D eigenvalue weighted by Crippen LogP contribution is 2.31. The van der Waals surface area contributed by atoms with Crippen LogP contribution in [-0.4, -0.2) is 49.6 Å². The maximum atomic E-state index is 12.1. The summed E-state index contributed by atoms with van der Waals surface area (Å²) in [6.07, 6.45) is 8.44. The van der Waals surface area contributed by atoms with Crippen LogP contribution in [0.15, 0.2) is 0 Å². The molecule has 5 heteroatoms. The van der Waals surface area contributed by atoms with Crippen LogP contribution in [-0.2, 0) is 4.79 Å². The van der Waals surface area contributed by atoms with E-state index < -0.39 is 0 Å². The van der Waals surface area contributed by atoms with E-state index in [1.165, 1.54) is 32.1 Å². The molecule has 0 spiro atoms. The molecule has 0 aromatic rings. The predicted molar refractivity (Wildman–Crippen MR) is 80.8 cm³/mol. The fraction of sp³-hybridized carbons (Fsp3) is 0.929. The van der Waals surface area contributed by atoms with Crippen molar-refractivity contribution in [1.82, 2.24) is 15.5 Å². The smallest absolute Gasteiger partial charge is 0.237 e. The summed E-state index contributed by atoms with van der Waals surface area (Å²) >= 11 is 0. The van der Waals surface area contributed by atoms with Gasteiger partial charge in [0.05, 0.1) is 6.04 Å². The second-order valence-electron chi connectivity index (χ2n) is 6.05. The van der Waals surface area contributed by atoms with Crippen molar-refractivity contribution >= 4 is 18.3 Å². The first kappa shape index (κ1) is 16.7. The molecule has 4 nitrogen and oxygen atoms in total. The van der Waals surface area contributed by atoms with Crippen molar-refractivity contribution < 1.29 is 4.79 Å². The average molecular weight is 290 g/mol. The first-order valence-electron chi connectivity index (χ1n) is 7.33. The van der Waals surface area contributed by atoms with Gasteiger partial charge in [-0.15, -0.1) is 12.4 Å². The van der Waals surface area contributed by atoms with Gasteiger partial charge in [0.2, 0.25) is 5.91 Å². The lowest BCUT2D eigenvalue weighted by atomic mass is 9.80. The molecule has 2 aliphatic rings. The Bertz CT molecular complexity index is 284. The second-order valence-corrected chi connectivity index (χ2v) is 6.05. The number of halogens is 1. The lowest BCUT2D eigenvalue weighted by Crippen LogP contribution is -2.55. The number of carbonyl (C=O) groups is 1. The van der Waals surface area contributed by atoms with E-state index in [0.717, 1.165) is 25.9 Å². The van der Waals surface area contributed by atoms with Gasteiger partial charge in [-0.3, -0.25) is 4.79 Å². The zero-order valence-electron chi connectivity index (χ0n) is 12.2. The molecule has 1 unspecified atom stereocenters. The third-order valence-corrected chi connectivity index (χ3v) is 4.70. The van der Waals surface area contributed by atoms with Crippen LogP contribution in [0.1, 0.15) is 44.9 Å². The summed E-state index contributed by atoms with van der Waals surface area (Å²) in [5.74, 6) is 0.194. The number of carbonyl (C=O) groups excluding carboxylic acids is 1. The third kappa shape index (κ3) is 4.07. The molecule has 0 radical (unpaired) electrons. The van der Waals surface area contributed by atoms with E-state index >= 15 is 0 Å². The van der Waals surface area contributed by atoms with Gasteiger partial charge in [-0.2, -0.15) is 0 Å². The standard InChI is InChI=1S/C14H27N3O.ClH/c1-17(2)14(8-4-3-5-9-14)11-16-13(18)12-7-6-10-15-12;/h12,15H,3-11H2,1-2H3,(H,16,18);1H. The molecular weight excluding hydrogens is 262 g/mol. The lowest BCUT2D eigenvalue weighted by molar-refractivity contribution is -0.123. The summed E-state index contributed by atoms with van der Waals surface area (Å²) in [6.45, 7) is 1.79. The van der Waals surface area contributed by atoms with Crippen LogP contribution in [0.2, 0.25) is 0 Å². The molecule has 2 rings (SSSR count). The summed E-state index contributed by atoms with van der Waals surface area (Å²) in [7, 11) is 4.29. The number of amides is 1. The van der Waals surface area contributed by atoms with E-state index in [9.17, 15) is 4.79 Å². The molecule has 1 amide bonds. The van der Waals surface area contributed by atoms with Gasteiger partial charge in [-0.1, -0.05) is 19.3 Å². The van der Waals surface area contributed by atoms with Crippen molar-refractivity contribution in [1.29, 1.82) is 0 Å². The van der Waals surface area contributed by atoms with E-state index in [1.807, 2.05) is 0 Å². The van der Waals surface area contributed by atoms with Gasteiger partial charge in [0.1, 0.15) is 0 Å². The SMILES string of the molecule is CN(C)C1(CNC(=O)C2CCCN2)CCCCC1.Cl. The molecule has 0 aromatic carbocycles. The quantitative estimate of drug-likeness (QED) is 0.825. The molecular formula is C14H28ClN3O. The highest BCUT2D eigenvalue weighted by atomic mass is 35.5. The number of hydrogen-bond acceptors (Lipinski definition) is 3. The molecule has 2 fully saturated rings. The number of hydrogen-bond donors (Lipinski definition) is 2. The Morgan fingerprint density at radius 2 is 1.95 bits per heavy atom. The summed E-state index contributed by atoms with van der Waals surface area (Å²) < 4.78 is 0. The largest absolute Gasteiger partial charge is 0.353 e. The van der Waals surface area contributed by atoms with Crippen LogP contribution in [0.25, 0.3) is 0 Å². The minimum Gasteiger partial charge on any atom is -0.353 e. The van der Waals surface area contributed by atoms with Gasteiger partial charge in [0.15, 0.2) is 0 Å². The first-order chi connectivity index (χ1) is 8.64. The molecule has 1 aliphatic carbocycles. The normalized spacial score (nSPS) is 25.9. The van der Waals surface area contributed by atoms with Crippen molar-refractivity contribution in [3.05, 3.63) is 0 Å². The maximum absolute atomic E-state index is 12.1. The van der Waals surface area contributed by atoms with Crippen LogP contribution >= 0.6 is 12.4 Å². The average Bonchev–Trinajstić information content (AvgIpc) is 2.91. The minimum atomic E-state index is 0. The monoisotopic (exact) mass is 289 g/mol. The van der Waals surface area contributed by atoms with Gasteiger partial charge in [-0.25, -0.2) is 0 Å². The molecule has 2 N–H and O–H groups in total. The number of rotatable bonds is 4. The van der Waals surface area contributed by atoms with Crippen LogP contribution in [0.5, 0.6) is 0 Å². The van der Waals surface area contributed by atoms with E-state index in [-0.39, 0.29) is 29.9 Å². The van der Waals surface area contributed by atoms with Crippen molar-refractivity contribution in [2.75, 3.05) is 27.2 Å². The van der Waals surface area contributed by atoms with Crippen molar-refractivity contribution in [3.63, 3.8) is 0 Å². The molecule has 1 atom stereocenters. The minimum absolute atomic E-state index is 0. The molecule has 1 saturated carbocycles. The number of nitrogens with zero attached hydrogens (tertiary/aromatic N) is 1. The highest BCUT2D eigenvalue weighted by molar-refractivity contribution is 5.85. The number of likely N-dealkylation sites (N-methyl/N-ethyl adjacent to an activating group) is 1. The topological polar surface area (TPSA) is 44.4 Å². The molecule has 1 heterocycles. The maximum Gasteiger partial charge on any atom is 0.237 e. The summed E-state index contributed by atoms with van der Waals surface area (Å²) in [5.41, 5.74) is 0.187. The summed E-state index contributed by atoms with van der Waals surface area (Å²) in [6, 6.07) is 0.0489. The van der Waals surface area contributed by atoms with Gasteiger partial charge >= 0.3 is 0 Å². The van der Waals surface area contributed by atoms with Crippen LogP contribution in [0.3, 0.4) is 0 Å². The second kappa shape index (κ2) is 7.46. The Morgan fingerprint density at radius 1 is 1.26 bits per heavy atom. The molecule has 19 heavy (non-hydrogen) atoms. The molecule has 0 aromatic heterocycles. The first-order valence-corrected chi connectivity index (χ1v) is 7.33. The number of nitrogens with one attached hydrogen (secondary N) is 2. The van der Waals surface area contributed by atoms with Crippen LogP contribution in [0, 0.1) is 0 Å². The Hall–Kier alpha value is -0.320. The summed E-state index contributed by atoms with van der Waals surface area (Å²) in [5, 5.41) is 6.43. The molecule has 1 aliphatic heterocycles. The van der Waals surface area contributed by atoms with E-state index in [4.69, 9.17) is 0 Å². The van der Waals surface area contributed by atoms with Gasteiger partial charge in [0.25, 0.3) is 0 Å². The Balaban J connectivity index is 0.00000180. The zero-order chi connectivity index (χ0) is 13.0. The lowest BCUT2D eigenvalue weighted by Gasteiger charge is -2.43. The third-order valence-electron chi connectivity index (χ3n) is 4.70. The molecule has 0 bridgehead atoms. The van der Waals surface area contributed by atoms with E-state index in [1.54, 1.807) is 0 Å². The summed E-state index contributed by atoms with van der Waals surface area (Å²) in [4.78, 5) is 14.4.